The molecule has 1 atom stereocenters. The number of hydrogen-bond donors (Lipinski definition) is 1. The molecule has 2 rings (SSSR count). The lowest BCUT2D eigenvalue weighted by molar-refractivity contribution is 0.413. The van der Waals surface area contributed by atoms with Gasteiger partial charge in [-0.3, -0.25) is 0 Å². The van der Waals surface area contributed by atoms with E-state index in [-0.39, 0.29) is 0 Å². The highest BCUT2D eigenvalue weighted by atomic mass is 32.2. The summed E-state index contributed by atoms with van der Waals surface area (Å²) in [6.45, 7) is 3.30. The summed E-state index contributed by atoms with van der Waals surface area (Å²) >= 11 is 2.15. The van der Waals surface area contributed by atoms with Crippen LogP contribution in [0.2, 0.25) is 0 Å². The van der Waals surface area contributed by atoms with Crippen molar-refractivity contribution in [2.24, 2.45) is 0 Å². The molecule has 2 nitrogen and oxygen atoms in total. The third kappa shape index (κ3) is 4.71. The minimum absolute atomic E-state index is 0.440. The molecular weight excluding hydrogens is 266 g/mol. The van der Waals surface area contributed by atoms with E-state index in [1.54, 1.807) is 7.11 Å². The molecule has 0 heterocycles. The average Bonchev–Trinajstić information content (AvgIpc) is 3.01. The van der Waals surface area contributed by atoms with Gasteiger partial charge in [0.05, 0.1) is 7.11 Å². The molecular formula is C17H27NOS. The molecule has 1 aromatic carbocycles. The first-order valence-electron chi connectivity index (χ1n) is 7.82. The predicted octanol–water partition coefficient (Wildman–Crippen LogP) is 4.41. The Morgan fingerprint density at radius 2 is 2.15 bits per heavy atom. The zero-order valence-electron chi connectivity index (χ0n) is 12.7. The van der Waals surface area contributed by atoms with Gasteiger partial charge in [0.15, 0.2) is 0 Å². The summed E-state index contributed by atoms with van der Waals surface area (Å²) in [6, 6.07) is 8.93. The van der Waals surface area contributed by atoms with Crippen molar-refractivity contribution in [1.29, 1.82) is 0 Å². The zero-order valence-corrected chi connectivity index (χ0v) is 13.5. The van der Waals surface area contributed by atoms with Gasteiger partial charge in [0.1, 0.15) is 5.75 Å². The molecule has 0 amide bonds. The van der Waals surface area contributed by atoms with Gasteiger partial charge < -0.3 is 10.1 Å². The van der Waals surface area contributed by atoms with Gasteiger partial charge in [-0.15, -0.1) is 0 Å². The van der Waals surface area contributed by atoms with Crippen LogP contribution in [0.5, 0.6) is 5.75 Å². The lowest BCUT2D eigenvalue weighted by Gasteiger charge is -2.21. The van der Waals surface area contributed by atoms with E-state index in [9.17, 15) is 0 Å². The van der Waals surface area contributed by atoms with Crippen LogP contribution in [0.3, 0.4) is 0 Å². The Morgan fingerprint density at radius 3 is 2.85 bits per heavy atom. The quantitative estimate of drug-likeness (QED) is 0.767. The number of ether oxygens (including phenoxy) is 1. The van der Waals surface area contributed by atoms with Crippen LogP contribution < -0.4 is 10.1 Å². The van der Waals surface area contributed by atoms with Crippen molar-refractivity contribution >= 4 is 11.8 Å². The second-order valence-corrected chi connectivity index (χ2v) is 6.86. The van der Waals surface area contributed by atoms with Crippen molar-refractivity contribution in [1.82, 2.24) is 5.32 Å². The first-order valence-corrected chi connectivity index (χ1v) is 8.87. The van der Waals surface area contributed by atoms with E-state index in [1.165, 1.54) is 37.7 Å². The topological polar surface area (TPSA) is 21.3 Å². The number of rotatable bonds is 8. The largest absolute Gasteiger partial charge is 0.497 e. The fraction of sp³-hybridized carbons (Fsp3) is 0.647. The van der Waals surface area contributed by atoms with Crippen LogP contribution in [0.1, 0.15) is 50.6 Å². The highest BCUT2D eigenvalue weighted by molar-refractivity contribution is 7.99. The lowest BCUT2D eigenvalue weighted by Crippen LogP contribution is -2.24. The molecule has 0 spiro atoms. The molecule has 0 radical (unpaired) electrons. The highest BCUT2D eigenvalue weighted by Crippen LogP contribution is 2.32. The molecule has 0 bridgehead atoms. The maximum atomic E-state index is 5.35. The molecule has 112 valence electrons. The Balaban J connectivity index is 1.97. The molecule has 1 fully saturated rings. The van der Waals surface area contributed by atoms with Gasteiger partial charge in [-0.1, -0.05) is 31.9 Å². The molecule has 20 heavy (non-hydrogen) atoms. The number of benzene rings is 1. The fourth-order valence-corrected chi connectivity index (χ4v) is 4.18. The van der Waals surface area contributed by atoms with Crippen LogP contribution >= 0.6 is 11.8 Å². The summed E-state index contributed by atoms with van der Waals surface area (Å²) in [6.07, 6.45) is 6.83. The summed E-state index contributed by atoms with van der Waals surface area (Å²) in [7, 11) is 1.74. The third-order valence-electron chi connectivity index (χ3n) is 3.94. The van der Waals surface area contributed by atoms with Crippen LogP contribution in [0.15, 0.2) is 24.3 Å². The SMILES string of the molecule is CCCNC(CSC1CCCC1)c1cccc(OC)c1. The Labute approximate surface area is 127 Å². The summed E-state index contributed by atoms with van der Waals surface area (Å²) in [5, 5.41) is 4.57. The van der Waals surface area contributed by atoms with E-state index in [1.807, 2.05) is 6.07 Å². The van der Waals surface area contributed by atoms with Crippen molar-refractivity contribution in [2.75, 3.05) is 19.4 Å². The van der Waals surface area contributed by atoms with Gasteiger partial charge in [-0.05, 0) is 43.5 Å². The minimum atomic E-state index is 0.440. The van der Waals surface area contributed by atoms with Gasteiger partial charge >= 0.3 is 0 Å². The maximum Gasteiger partial charge on any atom is 0.119 e. The smallest absolute Gasteiger partial charge is 0.119 e. The first-order chi connectivity index (χ1) is 9.83. The molecule has 1 aliphatic rings. The molecule has 1 unspecified atom stereocenters. The van der Waals surface area contributed by atoms with Crippen LogP contribution in [-0.4, -0.2) is 24.7 Å². The Morgan fingerprint density at radius 1 is 1.35 bits per heavy atom. The normalized spacial score (nSPS) is 17.3. The van der Waals surface area contributed by atoms with E-state index in [2.05, 4.69) is 42.2 Å². The predicted molar refractivity (Wildman–Crippen MR) is 88.7 cm³/mol. The maximum absolute atomic E-state index is 5.35. The number of methoxy groups -OCH3 is 1. The molecule has 1 aliphatic carbocycles. The minimum Gasteiger partial charge on any atom is -0.497 e. The average molecular weight is 293 g/mol. The van der Waals surface area contributed by atoms with Crippen molar-refractivity contribution < 1.29 is 4.74 Å². The molecule has 1 aromatic rings. The molecule has 1 saturated carbocycles. The summed E-state index contributed by atoms with van der Waals surface area (Å²) in [4.78, 5) is 0. The lowest BCUT2D eigenvalue weighted by atomic mass is 10.1. The molecule has 1 N–H and O–H groups in total. The Hall–Kier alpha value is -0.670. The summed E-state index contributed by atoms with van der Waals surface area (Å²) in [5.74, 6) is 2.12. The van der Waals surface area contributed by atoms with E-state index >= 15 is 0 Å². The van der Waals surface area contributed by atoms with Gasteiger partial charge in [-0.25, -0.2) is 0 Å². The number of thioether (sulfide) groups is 1. The molecule has 0 saturated heterocycles. The van der Waals surface area contributed by atoms with Crippen LogP contribution in [0.4, 0.5) is 0 Å². The van der Waals surface area contributed by atoms with Crippen LogP contribution in [-0.2, 0) is 0 Å². The van der Waals surface area contributed by atoms with E-state index in [0.717, 1.165) is 23.3 Å². The molecule has 0 aromatic heterocycles. The van der Waals surface area contributed by atoms with Gasteiger partial charge in [0.2, 0.25) is 0 Å². The second-order valence-electron chi connectivity index (χ2n) is 5.52. The second kappa shape index (κ2) is 8.58. The van der Waals surface area contributed by atoms with Crippen molar-refractivity contribution in [3.05, 3.63) is 29.8 Å². The molecule has 3 heteroatoms. The summed E-state index contributed by atoms with van der Waals surface area (Å²) in [5.41, 5.74) is 1.35. The Bertz CT molecular complexity index is 390. The monoisotopic (exact) mass is 293 g/mol. The van der Waals surface area contributed by atoms with Crippen molar-refractivity contribution in [3.63, 3.8) is 0 Å². The van der Waals surface area contributed by atoms with E-state index < -0.39 is 0 Å². The highest BCUT2D eigenvalue weighted by Gasteiger charge is 2.18. The fourth-order valence-electron chi connectivity index (χ4n) is 2.74. The van der Waals surface area contributed by atoms with E-state index in [4.69, 9.17) is 4.74 Å². The number of nitrogens with one attached hydrogen (secondary N) is 1. The van der Waals surface area contributed by atoms with Crippen molar-refractivity contribution in [2.45, 2.75) is 50.3 Å². The van der Waals surface area contributed by atoms with Crippen LogP contribution in [0.25, 0.3) is 0 Å². The van der Waals surface area contributed by atoms with E-state index in [0.29, 0.717) is 6.04 Å². The number of hydrogen-bond acceptors (Lipinski definition) is 3. The van der Waals surface area contributed by atoms with Gasteiger partial charge in [0.25, 0.3) is 0 Å². The zero-order chi connectivity index (χ0) is 14.2. The standard InChI is InChI=1S/C17H27NOS/c1-3-11-18-17(13-20-16-9-4-5-10-16)14-7-6-8-15(12-14)19-2/h6-8,12,16-18H,3-5,9-11,13H2,1-2H3. The van der Waals surface area contributed by atoms with Crippen molar-refractivity contribution in [3.8, 4) is 5.75 Å². The Kier molecular flexibility index (Phi) is 6.74. The first kappa shape index (κ1) is 15.7. The van der Waals surface area contributed by atoms with Gasteiger partial charge in [0, 0.05) is 17.0 Å². The summed E-state index contributed by atoms with van der Waals surface area (Å²) < 4.78 is 5.35. The van der Waals surface area contributed by atoms with Gasteiger partial charge in [-0.2, -0.15) is 11.8 Å². The molecule has 0 aliphatic heterocycles. The van der Waals surface area contributed by atoms with Crippen LogP contribution in [0, 0.1) is 0 Å². The third-order valence-corrected chi connectivity index (χ3v) is 5.41.